The van der Waals surface area contributed by atoms with E-state index in [2.05, 4.69) is 31.9 Å². The van der Waals surface area contributed by atoms with E-state index in [-0.39, 0.29) is 0 Å². The summed E-state index contributed by atoms with van der Waals surface area (Å²) < 4.78 is 1.08. The van der Waals surface area contributed by atoms with Gasteiger partial charge in [-0.15, -0.1) is 0 Å². The highest BCUT2D eigenvalue weighted by molar-refractivity contribution is 9.10. The summed E-state index contributed by atoms with van der Waals surface area (Å²) in [5, 5.41) is 0. The Kier molecular flexibility index (Phi) is 2.01. The van der Waals surface area contributed by atoms with Crippen molar-refractivity contribution in [1.29, 1.82) is 0 Å². The van der Waals surface area contributed by atoms with Crippen LogP contribution in [0, 0.1) is 5.92 Å². The molecule has 2 bridgehead atoms. The third-order valence-corrected chi connectivity index (χ3v) is 3.86. The van der Waals surface area contributed by atoms with Crippen molar-refractivity contribution in [3.63, 3.8) is 0 Å². The van der Waals surface area contributed by atoms with Gasteiger partial charge in [-0.05, 0) is 47.2 Å². The van der Waals surface area contributed by atoms with Crippen LogP contribution in [0.2, 0.25) is 0 Å². The van der Waals surface area contributed by atoms with Crippen LogP contribution in [0.15, 0.2) is 22.9 Å². The predicted molar refractivity (Wildman–Crippen MR) is 60.4 cm³/mol. The molecule has 0 aromatic carbocycles. The number of nitrogens with zero attached hydrogens (tertiary/aromatic N) is 2. The first-order valence-electron chi connectivity index (χ1n) is 5.20. The molecule has 2 unspecified atom stereocenters. The molecule has 2 atom stereocenters. The number of anilines is 1. The first-order chi connectivity index (χ1) is 6.83. The average molecular weight is 253 g/mol. The molecule has 0 radical (unpaired) electrons. The molecule has 2 aliphatic rings. The summed E-state index contributed by atoms with van der Waals surface area (Å²) in [4.78, 5) is 6.74. The van der Waals surface area contributed by atoms with Gasteiger partial charge in [0.25, 0.3) is 0 Å². The number of fused-ring (bicyclic) bond motifs is 2. The first kappa shape index (κ1) is 8.72. The van der Waals surface area contributed by atoms with Crippen LogP contribution in [-0.2, 0) is 0 Å². The Labute approximate surface area is 92.5 Å². The van der Waals surface area contributed by atoms with Crippen molar-refractivity contribution >= 4 is 21.6 Å². The van der Waals surface area contributed by atoms with Gasteiger partial charge in [0.05, 0.1) is 11.9 Å². The fraction of sp³-hybridized carbons (Fsp3) is 0.545. The Hall–Kier alpha value is -0.570. The molecule has 14 heavy (non-hydrogen) atoms. The molecule has 1 aliphatic heterocycles. The molecule has 74 valence electrons. The lowest BCUT2D eigenvalue weighted by molar-refractivity contribution is 0.553. The number of hydrogen-bond acceptors (Lipinski definition) is 2. The van der Waals surface area contributed by atoms with Crippen molar-refractivity contribution in [3.05, 3.63) is 22.9 Å². The van der Waals surface area contributed by atoms with Gasteiger partial charge in [0.1, 0.15) is 0 Å². The molecule has 2 nitrogen and oxygen atoms in total. The van der Waals surface area contributed by atoms with Gasteiger partial charge in [0.15, 0.2) is 0 Å². The summed E-state index contributed by atoms with van der Waals surface area (Å²) in [7, 11) is 0. The van der Waals surface area contributed by atoms with Gasteiger partial charge >= 0.3 is 0 Å². The zero-order valence-corrected chi connectivity index (χ0v) is 9.57. The molecule has 1 saturated carbocycles. The second kappa shape index (κ2) is 3.23. The molecule has 1 aromatic rings. The minimum atomic E-state index is 0.788. The molecular weight excluding hydrogens is 240 g/mol. The van der Waals surface area contributed by atoms with E-state index in [1.165, 1.54) is 31.5 Å². The Morgan fingerprint density at radius 1 is 1.36 bits per heavy atom. The summed E-state index contributed by atoms with van der Waals surface area (Å²) in [6.45, 7) is 1.24. The van der Waals surface area contributed by atoms with Gasteiger partial charge in [-0.1, -0.05) is 0 Å². The van der Waals surface area contributed by atoms with Crippen LogP contribution in [0.3, 0.4) is 0 Å². The average Bonchev–Trinajstić information content (AvgIpc) is 2.78. The zero-order valence-electron chi connectivity index (χ0n) is 7.99. The second-order valence-corrected chi connectivity index (χ2v) is 5.26. The maximum Gasteiger partial charge on any atom is 0.0566 e. The van der Waals surface area contributed by atoms with Crippen molar-refractivity contribution in [2.24, 2.45) is 5.92 Å². The maximum absolute atomic E-state index is 4.22. The third-order valence-electron chi connectivity index (χ3n) is 3.43. The minimum absolute atomic E-state index is 0.788. The van der Waals surface area contributed by atoms with E-state index in [4.69, 9.17) is 0 Å². The fourth-order valence-electron chi connectivity index (χ4n) is 2.80. The van der Waals surface area contributed by atoms with Crippen LogP contribution < -0.4 is 4.90 Å². The number of rotatable bonds is 1. The summed E-state index contributed by atoms with van der Waals surface area (Å²) in [6, 6.07) is 2.96. The Morgan fingerprint density at radius 2 is 2.29 bits per heavy atom. The van der Waals surface area contributed by atoms with Gasteiger partial charge in [-0.25, -0.2) is 0 Å². The second-order valence-electron chi connectivity index (χ2n) is 4.35. The summed E-state index contributed by atoms with van der Waals surface area (Å²) in [5.74, 6) is 0.944. The highest BCUT2D eigenvalue weighted by atomic mass is 79.9. The standard InChI is InChI=1S/C11H13BrN2/c12-9-4-11(6-13-5-9)14-7-8-1-2-10(14)3-8/h4-6,8,10H,1-3,7H2. The number of piperidine rings is 1. The highest BCUT2D eigenvalue weighted by Gasteiger charge is 2.37. The van der Waals surface area contributed by atoms with Crippen molar-refractivity contribution in [3.8, 4) is 0 Å². The van der Waals surface area contributed by atoms with Gasteiger partial charge in [0.2, 0.25) is 0 Å². The topological polar surface area (TPSA) is 16.1 Å². The van der Waals surface area contributed by atoms with Crippen molar-refractivity contribution in [2.75, 3.05) is 11.4 Å². The lowest BCUT2D eigenvalue weighted by atomic mass is 10.1. The van der Waals surface area contributed by atoms with E-state index in [1.54, 1.807) is 0 Å². The van der Waals surface area contributed by atoms with E-state index in [0.717, 1.165) is 16.4 Å². The largest absolute Gasteiger partial charge is 0.367 e. The number of aromatic nitrogens is 1. The molecule has 2 heterocycles. The Morgan fingerprint density at radius 3 is 2.93 bits per heavy atom. The van der Waals surface area contributed by atoms with Crippen LogP contribution in [-0.4, -0.2) is 17.6 Å². The molecule has 1 aliphatic carbocycles. The van der Waals surface area contributed by atoms with Crippen LogP contribution >= 0.6 is 15.9 Å². The lowest BCUT2D eigenvalue weighted by Gasteiger charge is -2.28. The highest BCUT2D eigenvalue weighted by Crippen LogP contribution is 2.40. The number of halogens is 1. The number of hydrogen-bond donors (Lipinski definition) is 0. The van der Waals surface area contributed by atoms with E-state index in [9.17, 15) is 0 Å². The molecular formula is C11H13BrN2. The molecule has 0 N–H and O–H groups in total. The quantitative estimate of drug-likeness (QED) is 0.765. The molecule has 0 amide bonds. The molecule has 1 saturated heterocycles. The van der Waals surface area contributed by atoms with Crippen molar-refractivity contribution in [2.45, 2.75) is 25.3 Å². The van der Waals surface area contributed by atoms with Crippen LogP contribution in [0.1, 0.15) is 19.3 Å². The van der Waals surface area contributed by atoms with Crippen molar-refractivity contribution in [1.82, 2.24) is 4.98 Å². The normalized spacial score (nSPS) is 29.9. The van der Waals surface area contributed by atoms with Gasteiger partial charge in [0, 0.05) is 23.3 Å². The first-order valence-corrected chi connectivity index (χ1v) is 5.99. The summed E-state index contributed by atoms with van der Waals surface area (Å²) in [6.07, 6.45) is 8.02. The minimum Gasteiger partial charge on any atom is -0.367 e. The smallest absolute Gasteiger partial charge is 0.0566 e. The van der Waals surface area contributed by atoms with E-state index in [1.807, 2.05) is 12.4 Å². The van der Waals surface area contributed by atoms with Crippen molar-refractivity contribution < 1.29 is 0 Å². The SMILES string of the molecule is Brc1cncc(N2CC3CCC2C3)c1. The zero-order chi connectivity index (χ0) is 9.54. The fourth-order valence-corrected chi connectivity index (χ4v) is 3.15. The van der Waals surface area contributed by atoms with Gasteiger partial charge < -0.3 is 4.90 Å². The molecule has 3 rings (SSSR count). The molecule has 1 aromatic heterocycles. The van der Waals surface area contributed by atoms with E-state index >= 15 is 0 Å². The predicted octanol–water partition coefficient (Wildman–Crippen LogP) is 2.83. The summed E-state index contributed by atoms with van der Waals surface area (Å²) in [5.41, 5.74) is 1.28. The molecule has 0 spiro atoms. The van der Waals surface area contributed by atoms with Crippen LogP contribution in [0.5, 0.6) is 0 Å². The van der Waals surface area contributed by atoms with E-state index < -0.39 is 0 Å². The molecule has 2 fully saturated rings. The third kappa shape index (κ3) is 1.34. The Bertz CT molecular complexity index is 353. The lowest BCUT2D eigenvalue weighted by Crippen LogP contribution is -2.31. The van der Waals surface area contributed by atoms with E-state index in [0.29, 0.717) is 0 Å². The number of pyridine rings is 1. The summed E-state index contributed by atoms with van der Waals surface area (Å²) >= 11 is 3.47. The van der Waals surface area contributed by atoms with Crippen LogP contribution in [0.4, 0.5) is 5.69 Å². The van der Waals surface area contributed by atoms with Crippen LogP contribution in [0.25, 0.3) is 0 Å². The van der Waals surface area contributed by atoms with Gasteiger partial charge in [-0.3, -0.25) is 4.98 Å². The monoisotopic (exact) mass is 252 g/mol. The van der Waals surface area contributed by atoms with Gasteiger partial charge in [-0.2, -0.15) is 0 Å². The maximum atomic E-state index is 4.22. The molecule has 3 heteroatoms. The Balaban J connectivity index is 1.89.